The smallest absolute Gasteiger partial charge is 0.314 e. The van der Waals surface area contributed by atoms with Crippen LogP contribution >= 0.6 is 11.6 Å². The summed E-state index contributed by atoms with van der Waals surface area (Å²) in [7, 11) is 1.50. The van der Waals surface area contributed by atoms with E-state index >= 15 is 0 Å². The molecule has 0 spiro atoms. The van der Waals surface area contributed by atoms with Crippen LogP contribution in [-0.4, -0.2) is 36.4 Å². The number of nitrogens with one attached hydrogen (secondary N) is 1. The van der Waals surface area contributed by atoms with E-state index in [1.807, 2.05) is 6.92 Å². The number of methoxy groups -OCH3 is 1. The second-order valence-corrected chi connectivity index (χ2v) is 5.79. The zero-order chi connectivity index (χ0) is 16.1. The van der Waals surface area contributed by atoms with E-state index in [0.717, 1.165) is 25.7 Å². The molecule has 0 saturated carbocycles. The van der Waals surface area contributed by atoms with Crippen LogP contribution < -0.4 is 10.1 Å². The van der Waals surface area contributed by atoms with Gasteiger partial charge >= 0.3 is 11.8 Å². The fraction of sp³-hybridized carbons (Fsp3) is 0.500. The molecule has 5 nitrogen and oxygen atoms in total. The predicted molar refractivity (Wildman–Crippen MR) is 86.3 cm³/mol. The molecule has 1 aromatic rings. The summed E-state index contributed by atoms with van der Waals surface area (Å²) in [5, 5.41) is 3.07. The van der Waals surface area contributed by atoms with E-state index in [2.05, 4.69) is 5.32 Å². The number of anilines is 1. The van der Waals surface area contributed by atoms with Gasteiger partial charge in [0.25, 0.3) is 0 Å². The predicted octanol–water partition coefficient (Wildman–Crippen LogP) is 3.08. The highest BCUT2D eigenvalue weighted by molar-refractivity contribution is 6.40. The van der Waals surface area contributed by atoms with Crippen LogP contribution in [-0.2, 0) is 9.59 Å². The van der Waals surface area contributed by atoms with E-state index in [1.165, 1.54) is 7.11 Å². The average molecular weight is 325 g/mol. The molecular formula is C16H21ClN2O3. The Morgan fingerprint density at radius 2 is 2.18 bits per heavy atom. The topological polar surface area (TPSA) is 58.6 Å². The van der Waals surface area contributed by atoms with Gasteiger partial charge < -0.3 is 15.0 Å². The highest BCUT2D eigenvalue weighted by atomic mass is 35.5. The lowest BCUT2D eigenvalue weighted by atomic mass is 10.00. The molecule has 0 aromatic heterocycles. The lowest BCUT2D eigenvalue weighted by molar-refractivity contribution is -0.145. The maximum atomic E-state index is 12.4. The number of amides is 2. The van der Waals surface area contributed by atoms with Crippen molar-refractivity contribution in [3.05, 3.63) is 23.2 Å². The third-order valence-corrected chi connectivity index (χ3v) is 4.20. The summed E-state index contributed by atoms with van der Waals surface area (Å²) >= 11 is 5.93. The molecule has 1 heterocycles. The number of hydrogen-bond acceptors (Lipinski definition) is 3. The van der Waals surface area contributed by atoms with Crippen LogP contribution in [0.2, 0.25) is 5.02 Å². The summed E-state index contributed by atoms with van der Waals surface area (Å²) in [5.41, 5.74) is 0.401. The van der Waals surface area contributed by atoms with E-state index in [1.54, 1.807) is 23.1 Å². The minimum Gasteiger partial charge on any atom is -0.495 e. The Balaban J connectivity index is 2.11. The lowest BCUT2D eigenvalue weighted by Gasteiger charge is -2.34. The zero-order valence-electron chi connectivity index (χ0n) is 12.9. The monoisotopic (exact) mass is 324 g/mol. The molecule has 1 unspecified atom stereocenters. The standard InChI is InChI=1S/C16H21ClN2O3/c1-3-12-6-4-5-9-19(12)16(21)15(20)18-13-10-11(17)7-8-14(13)22-2/h7-8,10,12H,3-6,9H2,1-2H3,(H,18,20). The molecule has 1 aliphatic rings. The van der Waals surface area contributed by atoms with Crippen LogP contribution in [0, 0.1) is 0 Å². The van der Waals surface area contributed by atoms with Gasteiger partial charge in [-0.3, -0.25) is 9.59 Å². The average Bonchev–Trinajstić information content (AvgIpc) is 2.54. The second kappa shape index (κ2) is 7.49. The Hall–Kier alpha value is -1.75. The van der Waals surface area contributed by atoms with Gasteiger partial charge in [-0.25, -0.2) is 0 Å². The molecule has 1 saturated heterocycles. The summed E-state index contributed by atoms with van der Waals surface area (Å²) < 4.78 is 5.17. The maximum absolute atomic E-state index is 12.4. The number of ether oxygens (including phenoxy) is 1. The van der Waals surface area contributed by atoms with E-state index in [0.29, 0.717) is 23.0 Å². The quantitative estimate of drug-likeness (QED) is 0.869. The van der Waals surface area contributed by atoms with Crippen molar-refractivity contribution in [2.24, 2.45) is 0 Å². The van der Waals surface area contributed by atoms with Crippen molar-refractivity contribution in [2.45, 2.75) is 38.6 Å². The number of hydrogen-bond donors (Lipinski definition) is 1. The van der Waals surface area contributed by atoms with Crippen LogP contribution in [0.15, 0.2) is 18.2 Å². The van der Waals surface area contributed by atoms with Gasteiger partial charge in [-0.1, -0.05) is 18.5 Å². The van der Waals surface area contributed by atoms with Crippen molar-refractivity contribution in [1.29, 1.82) is 0 Å². The molecule has 6 heteroatoms. The van der Waals surface area contributed by atoms with Gasteiger partial charge in [-0.05, 0) is 43.9 Å². The van der Waals surface area contributed by atoms with Crippen LogP contribution in [0.1, 0.15) is 32.6 Å². The Kier molecular flexibility index (Phi) is 5.66. The second-order valence-electron chi connectivity index (χ2n) is 5.36. The number of carbonyl (C=O) groups is 2. The molecule has 1 aliphatic heterocycles. The maximum Gasteiger partial charge on any atom is 0.314 e. The number of nitrogens with zero attached hydrogens (tertiary/aromatic N) is 1. The third-order valence-electron chi connectivity index (χ3n) is 3.96. The normalized spacial score (nSPS) is 18.0. The molecule has 2 amide bonds. The third kappa shape index (κ3) is 3.71. The van der Waals surface area contributed by atoms with Gasteiger partial charge in [-0.2, -0.15) is 0 Å². The molecule has 1 aromatic carbocycles. The van der Waals surface area contributed by atoms with Crippen molar-refractivity contribution >= 4 is 29.1 Å². The van der Waals surface area contributed by atoms with Gasteiger partial charge in [-0.15, -0.1) is 0 Å². The van der Waals surface area contributed by atoms with Gasteiger partial charge in [0.1, 0.15) is 5.75 Å². The first-order chi connectivity index (χ1) is 10.6. The minimum atomic E-state index is -0.652. The van der Waals surface area contributed by atoms with Gasteiger partial charge in [0.05, 0.1) is 12.8 Å². The Morgan fingerprint density at radius 3 is 2.86 bits per heavy atom. The van der Waals surface area contributed by atoms with Gasteiger partial charge in [0, 0.05) is 17.6 Å². The summed E-state index contributed by atoms with van der Waals surface area (Å²) in [6.45, 7) is 2.67. The van der Waals surface area contributed by atoms with Crippen molar-refractivity contribution in [3.63, 3.8) is 0 Å². The van der Waals surface area contributed by atoms with E-state index in [9.17, 15) is 9.59 Å². The first-order valence-electron chi connectivity index (χ1n) is 7.52. The largest absolute Gasteiger partial charge is 0.495 e. The van der Waals surface area contributed by atoms with Crippen molar-refractivity contribution in [2.75, 3.05) is 19.0 Å². The number of benzene rings is 1. The Bertz CT molecular complexity index is 562. The Morgan fingerprint density at radius 1 is 1.41 bits per heavy atom. The summed E-state index contributed by atoms with van der Waals surface area (Å²) in [6, 6.07) is 5.03. The van der Waals surface area contributed by atoms with E-state index in [4.69, 9.17) is 16.3 Å². The van der Waals surface area contributed by atoms with Crippen LogP contribution in [0.4, 0.5) is 5.69 Å². The molecule has 22 heavy (non-hydrogen) atoms. The minimum absolute atomic E-state index is 0.147. The number of rotatable bonds is 3. The molecule has 1 fully saturated rings. The SMILES string of the molecule is CCC1CCCCN1C(=O)C(=O)Nc1cc(Cl)ccc1OC. The molecule has 2 rings (SSSR count). The van der Waals surface area contributed by atoms with Gasteiger partial charge in [0.15, 0.2) is 0 Å². The highest BCUT2D eigenvalue weighted by Gasteiger charge is 2.30. The van der Waals surface area contributed by atoms with Crippen molar-refractivity contribution in [3.8, 4) is 5.75 Å². The molecule has 1 atom stereocenters. The summed E-state index contributed by atoms with van der Waals surface area (Å²) in [5.74, 6) is -0.675. The molecule has 120 valence electrons. The summed E-state index contributed by atoms with van der Waals surface area (Å²) in [6.07, 6.45) is 3.86. The molecular weight excluding hydrogens is 304 g/mol. The summed E-state index contributed by atoms with van der Waals surface area (Å²) in [4.78, 5) is 26.3. The molecule has 0 bridgehead atoms. The fourth-order valence-electron chi connectivity index (χ4n) is 2.78. The van der Waals surface area contributed by atoms with Crippen LogP contribution in [0.5, 0.6) is 5.75 Å². The van der Waals surface area contributed by atoms with Gasteiger partial charge in [0.2, 0.25) is 0 Å². The number of halogens is 1. The highest BCUT2D eigenvalue weighted by Crippen LogP contribution is 2.28. The lowest BCUT2D eigenvalue weighted by Crippen LogP contribution is -2.48. The first kappa shape index (κ1) is 16.6. The molecule has 0 aliphatic carbocycles. The molecule has 1 N–H and O–H groups in total. The van der Waals surface area contributed by atoms with E-state index in [-0.39, 0.29) is 6.04 Å². The molecule has 0 radical (unpaired) electrons. The first-order valence-corrected chi connectivity index (χ1v) is 7.90. The fourth-order valence-corrected chi connectivity index (χ4v) is 2.95. The number of carbonyl (C=O) groups excluding carboxylic acids is 2. The Labute approximate surface area is 135 Å². The van der Waals surface area contributed by atoms with Crippen LogP contribution in [0.25, 0.3) is 0 Å². The van der Waals surface area contributed by atoms with Crippen molar-refractivity contribution < 1.29 is 14.3 Å². The number of likely N-dealkylation sites (tertiary alicyclic amines) is 1. The van der Waals surface area contributed by atoms with Crippen molar-refractivity contribution in [1.82, 2.24) is 4.90 Å². The van der Waals surface area contributed by atoms with E-state index < -0.39 is 11.8 Å². The van der Waals surface area contributed by atoms with Crippen LogP contribution in [0.3, 0.4) is 0 Å². The zero-order valence-corrected chi connectivity index (χ0v) is 13.7. The number of piperidine rings is 1.